The molecule has 1 heterocycles. The molecule has 1 fully saturated rings. The first-order valence-corrected chi connectivity index (χ1v) is 5.72. The van der Waals surface area contributed by atoms with Crippen molar-refractivity contribution in [3.05, 3.63) is 28.2 Å². The summed E-state index contributed by atoms with van der Waals surface area (Å²) in [4.78, 5) is 2.24. The van der Waals surface area contributed by atoms with Gasteiger partial charge in [-0.1, -0.05) is 23.2 Å². The van der Waals surface area contributed by atoms with Crippen LogP contribution in [0.25, 0.3) is 0 Å². The summed E-state index contributed by atoms with van der Waals surface area (Å²) in [6, 6.07) is 5.70. The first-order valence-electron chi connectivity index (χ1n) is 4.97. The second-order valence-electron chi connectivity index (χ2n) is 4.42. The third kappa shape index (κ3) is 2.39. The Balaban J connectivity index is 2.21. The molecule has 1 aliphatic rings. The van der Waals surface area contributed by atoms with Crippen LogP contribution in [0.3, 0.4) is 0 Å². The van der Waals surface area contributed by atoms with E-state index in [4.69, 9.17) is 28.9 Å². The number of anilines is 1. The number of rotatable bonds is 1. The molecule has 0 radical (unpaired) electrons. The largest absolute Gasteiger partial charge is 0.370 e. The molecule has 1 aromatic rings. The first kappa shape index (κ1) is 11.1. The fraction of sp³-hybridized carbons (Fsp3) is 0.455. The minimum absolute atomic E-state index is 0.0912. The lowest BCUT2D eigenvalue weighted by molar-refractivity contribution is 0.525. The standard InChI is InChI=1S/C11H14Cl2N2/c1-11(14)4-5-15(7-11)8-2-3-9(12)10(13)6-8/h2-3,6H,4-5,7,14H2,1H3. The van der Waals surface area contributed by atoms with Crippen molar-refractivity contribution in [3.8, 4) is 0 Å². The van der Waals surface area contributed by atoms with Gasteiger partial charge in [-0.05, 0) is 31.5 Å². The van der Waals surface area contributed by atoms with Crippen molar-refractivity contribution in [1.29, 1.82) is 0 Å². The van der Waals surface area contributed by atoms with Crippen LogP contribution in [-0.4, -0.2) is 18.6 Å². The van der Waals surface area contributed by atoms with Crippen LogP contribution in [0.2, 0.25) is 10.0 Å². The molecule has 0 aromatic heterocycles. The SMILES string of the molecule is CC1(N)CCN(c2ccc(Cl)c(Cl)c2)C1. The van der Waals surface area contributed by atoms with Crippen molar-refractivity contribution in [3.63, 3.8) is 0 Å². The van der Waals surface area contributed by atoms with E-state index in [2.05, 4.69) is 11.8 Å². The lowest BCUT2D eigenvalue weighted by atomic mass is 10.0. The van der Waals surface area contributed by atoms with E-state index in [0.29, 0.717) is 10.0 Å². The zero-order chi connectivity index (χ0) is 11.1. The second-order valence-corrected chi connectivity index (χ2v) is 5.24. The van der Waals surface area contributed by atoms with Gasteiger partial charge in [-0.3, -0.25) is 0 Å². The van der Waals surface area contributed by atoms with Gasteiger partial charge in [0.2, 0.25) is 0 Å². The van der Waals surface area contributed by atoms with Gasteiger partial charge in [-0.25, -0.2) is 0 Å². The van der Waals surface area contributed by atoms with E-state index in [1.54, 1.807) is 0 Å². The molecule has 1 aliphatic heterocycles. The normalized spacial score (nSPS) is 26.0. The summed E-state index contributed by atoms with van der Waals surface area (Å²) in [5.74, 6) is 0. The van der Waals surface area contributed by atoms with E-state index in [1.165, 1.54) is 0 Å². The van der Waals surface area contributed by atoms with Crippen molar-refractivity contribution in [2.24, 2.45) is 5.73 Å². The van der Waals surface area contributed by atoms with Crippen molar-refractivity contribution in [2.75, 3.05) is 18.0 Å². The molecule has 0 aliphatic carbocycles. The van der Waals surface area contributed by atoms with E-state index >= 15 is 0 Å². The van der Waals surface area contributed by atoms with E-state index in [9.17, 15) is 0 Å². The van der Waals surface area contributed by atoms with Crippen LogP contribution >= 0.6 is 23.2 Å². The van der Waals surface area contributed by atoms with Crippen molar-refractivity contribution in [2.45, 2.75) is 18.9 Å². The highest BCUT2D eigenvalue weighted by Gasteiger charge is 2.29. The summed E-state index contributed by atoms with van der Waals surface area (Å²) in [5.41, 5.74) is 7.08. The molecule has 0 spiro atoms. The Kier molecular flexibility index (Phi) is 2.84. The van der Waals surface area contributed by atoms with Gasteiger partial charge >= 0.3 is 0 Å². The summed E-state index contributed by atoms with van der Waals surface area (Å²) < 4.78 is 0. The first-order chi connectivity index (χ1) is 6.98. The highest BCUT2D eigenvalue weighted by Crippen LogP contribution is 2.30. The van der Waals surface area contributed by atoms with Crippen LogP contribution in [0.1, 0.15) is 13.3 Å². The Bertz CT molecular complexity index is 377. The molecule has 1 atom stereocenters. The molecule has 0 amide bonds. The summed E-state index contributed by atoms with van der Waals surface area (Å²) in [7, 11) is 0. The molecular formula is C11H14Cl2N2. The third-order valence-electron chi connectivity index (χ3n) is 2.77. The highest BCUT2D eigenvalue weighted by atomic mass is 35.5. The Morgan fingerprint density at radius 1 is 1.33 bits per heavy atom. The van der Waals surface area contributed by atoms with Gasteiger partial charge in [0.25, 0.3) is 0 Å². The Labute approximate surface area is 100.0 Å². The molecule has 4 heteroatoms. The number of halogens is 2. The smallest absolute Gasteiger partial charge is 0.0612 e. The summed E-state index contributed by atoms with van der Waals surface area (Å²) >= 11 is 11.8. The number of nitrogens with two attached hydrogens (primary N) is 1. The molecule has 2 rings (SSSR count). The van der Waals surface area contributed by atoms with Gasteiger partial charge in [0.05, 0.1) is 10.0 Å². The van der Waals surface area contributed by atoms with Crippen LogP contribution in [0.15, 0.2) is 18.2 Å². The van der Waals surface area contributed by atoms with E-state index < -0.39 is 0 Å². The van der Waals surface area contributed by atoms with Crippen LogP contribution in [0.5, 0.6) is 0 Å². The summed E-state index contributed by atoms with van der Waals surface area (Å²) in [5, 5.41) is 1.19. The van der Waals surface area contributed by atoms with Crippen LogP contribution in [0, 0.1) is 0 Å². The zero-order valence-corrected chi connectivity index (χ0v) is 10.1. The van der Waals surface area contributed by atoms with Gasteiger partial charge in [0.1, 0.15) is 0 Å². The van der Waals surface area contributed by atoms with E-state index in [1.807, 2.05) is 18.2 Å². The lowest BCUT2D eigenvalue weighted by Crippen LogP contribution is -2.39. The molecule has 2 N–H and O–H groups in total. The monoisotopic (exact) mass is 244 g/mol. The summed E-state index contributed by atoms with van der Waals surface area (Å²) in [6.45, 7) is 3.92. The molecule has 0 saturated carbocycles. The molecule has 1 unspecified atom stereocenters. The van der Waals surface area contributed by atoms with Gasteiger partial charge in [-0.2, -0.15) is 0 Å². The van der Waals surface area contributed by atoms with Gasteiger partial charge < -0.3 is 10.6 Å². The van der Waals surface area contributed by atoms with Crippen molar-refractivity contribution >= 4 is 28.9 Å². The fourth-order valence-electron chi connectivity index (χ4n) is 1.89. The zero-order valence-electron chi connectivity index (χ0n) is 8.63. The minimum atomic E-state index is -0.0912. The maximum Gasteiger partial charge on any atom is 0.0612 e. The molecule has 1 saturated heterocycles. The lowest BCUT2D eigenvalue weighted by Gasteiger charge is -2.21. The third-order valence-corrected chi connectivity index (χ3v) is 3.51. The molecule has 0 bridgehead atoms. The fourth-order valence-corrected chi connectivity index (χ4v) is 2.18. The predicted octanol–water partition coefficient (Wildman–Crippen LogP) is 2.92. The van der Waals surface area contributed by atoms with Crippen molar-refractivity contribution in [1.82, 2.24) is 0 Å². The Morgan fingerprint density at radius 3 is 2.60 bits per heavy atom. The summed E-state index contributed by atoms with van der Waals surface area (Å²) in [6.07, 6.45) is 1.01. The number of hydrogen-bond donors (Lipinski definition) is 1. The minimum Gasteiger partial charge on any atom is -0.370 e. The number of benzene rings is 1. The maximum absolute atomic E-state index is 6.07. The molecular weight excluding hydrogens is 231 g/mol. The Hall–Kier alpha value is -0.440. The Morgan fingerprint density at radius 2 is 2.07 bits per heavy atom. The topological polar surface area (TPSA) is 29.3 Å². The van der Waals surface area contributed by atoms with Crippen molar-refractivity contribution < 1.29 is 0 Å². The molecule has 2 nitrogen and oxygen atoms in total. The van der Waals surface area contributed by atoms with Crippen LogP contribution < -0.4 is 10.6 Å². The number of nitrogens with zero attached hydrogens (tertiary/aromatic N) is 1. The van der Waals surface area contributed by atoms with Gasteiger partial charge in [0, 0.05) is 24.3 Å². The number of hydrogen-bond acceptors (Lipinski definition) is 2. The molecule has 15 heavy (non-hydrogen) atoms. The van der Waals surface area contributed by atoms with Gasteiger partial charge in [-0.15, -0.1) is 0 Å². The quantitative estimate of drug-likeness (QED) is 0.824. The predicted molar refractivity (Wildman–Crippen MR) is 65.9 cm³/mol. The van der Waals surface area contributed by atoms with E-state index in [-0.39, 0.29) is 5.54 Å². The second kappa shape index (κ2) is 3.85. The van der Waals surface area contributed by atoms with Gasteiger partial charge in [0.15, 0.2) is 0 Å². The molecule has 1 aromatic carbocycles. The maximum atomic E-state index is 6.07. The molecule has 82 valence electrons. The average Bonchev–Trinajstić information content (AvgIpc) is 2.51. The van der Waals surface area contributed by atoms with E-state index in [0.717, 1.165) is 25.2 Å². The van der Waals surface area contributed by atoms with Crippen LogP contribution in [0.4, 0.5) is 5.69 Å². The van der Waals surface area contributed by atoms with Crippen LogP contribution in [-0.2, 0) is 0 Å². The average molecular weight is 245 g/mol. The highest BCUT2D eigenvalue weighted by molar-refractivity contribution is 6.42.